The summed E-state index contributed by atoms with van der Waals surface area (Å²) in [5.41, 5.74) is 5.38. The fourth-order valence-electron chi connectivity index (χ4n) is 7.03. The highest BCUT2D eigenvalue weighted by Gasteiger charge is 2.25. The van der Waals surface area contributed by atoms with Gasteiger partial charge in [-0.05, 0) is 44.9 Å². The molecule has 0 radical (unpaired) electrons. The molecule has 0 rings (SSSR count). The van der Waals surface area contributed by atoms with Crippen molar-refractivity contribution in [1.82, 2.24) is 0 Å². The number of hydrogen-bond acceptors (Lipinski definition) is 7. The van der Waals surface area contributed by atoms with Crippen molar-refractivity contribution in [2.75, 3.05) is 33.0 Å². The third-order valence-electron chi connectivity index (χ3n) is 10.6. The lowest BCUT2D eigenvalue weighted by Gasteiger charge is -2.20. The smallest absolute Gasteiger partial charge is 0.457 e. The van der Waals surface area contributed by atoms with E-state index in [1.807, 2.05) is 0 Å². The molecule has 2 atom stereocenters. The van der Waals surface area contributed by atoms with Crippen LogP contribution >= 0.6 is 7.82 Å². The number of carbonyl (C=O) groups excluding carboxylic acids is 1. The number of allylic oxidation sites excluding steroid dienone is 4. The predicted molar refractivity (Wildman–Crippen MR) is 243 cm³/mol. The van der Waals surface area contributed by atoms with Gasteiger partial charge in [0, 0.05) is 19.6 Å². The van der Waals surface area contributed by atoms with Gasteiger partial charge in [0.15, 0.2) is 0 Å². The number of hydrogen-bond donors (Lipinski definition) is 2. The summed E-state index contributed by atoms with van der Waals surface area (Å²) in [5.74, 6) is -0.329. The van der Waals surface area contributed by atoms with E-state index in [4.69, 9.17) is 24.3 Å². The lowest BCUT2D eigenvalue weighted by molar-refractivity contribution is -0.154. The topological polar surface area (TPSA) is 117 Å². The molecule has 0 bridgehead atoms. The quantitative estimate of drug-likeness (QED) is 0.0270. The van der Waals surface area contributed by atoms with Crippen LogP contribution in [0.4, 0.5) is 0 Å². The largest absolute Gasteiger partial charge is 0.472 e. The molecule has 3 N–H and O–H groups in total. The van der Waals surface area contributed by atoms with Crippen LogP contribution in [0.5, 0.6) is 0 Å². The van der Waals surface area contributed by atoms with Crippen molar-refractivity contribution in [3.8, 4) is 0 Å². The third kappa shape index (κ3) is 45.9. The molecular weight excluding hydrogens is 734 g/mol. The molecule has 0 spiro atoms. The summed E-state index contributed by atoms with van der Waals surface area (Å²) in [6.07, 6.45) is 52.0. The maximum atomic E-state index is 12.6. The molecule has 0 amide bonds. The van der Waals surface area contributed by atoms with Crippen molar-refractivity contribution in [3.63, 3.8) is 0 Å². The van der Waals surface area contributed by atoms with Gasteiger partial charge < -0.3 is 20.1 Å². The van der Waals surface area contributed by atoms with Gasteiger partial charge in [-0.15, -0.1) is 0 Å². The molecule has 0 aliphatic heterocycles. The van der Waals surface area contributed by atoms with Crippen molar-refractivity contribution in [2.45, 2.75) is 245 Å². The Morgan fingerprint density at radius 1 is 0.526 bits per heavy atom. The number of nitrogens with two attached hydrogens (primary N) is 1. The monoisotopic (exact) mass is 828 g/mol. The number of phosphoric acid groups is 1. The standard InChI is InChI=1S/C48H94NO7P/c1-3-5-7-9-11-13-15-17-19-21-22-23-24-25-27-29-31-33-35-37-39-41-48(50)56-47(46-55-57(51,52)54-44-42-49)45-53-43-40-38-36-34-32-30-28-26-20-18-16-14-12-10-8-6-4-2/h14,16,20,26,47H,3-13,15,17-19,21-25,27-46,49H2,1-2H3,(H,51,52)/b16-14-,26-20-. The Labute approximate surface area is 353 Å². The van der Waals surface area contributed by atoms with E-state index in [0.29, 0.717) is 13.0 Å². The summed E-state index contributed by atoms with van der Waals surface area (Å²) in [7, 11) is -4.28. The average molecular weight is 828 g/mol. The summed E-state index contributed by atoms with van der Waals surface area (Å²) in [4.78, 5) is 22.6. The molecule has 57 heavy (non-hydrogen) atoms. The molecule has 0 aliphatic rings. The summed E-state index contributed by atoms with van der Waals surface area (Å²) < 4.78 is 33.5. The fraction of sp³-hybridized carbons (Fsp3) is 0.896. The first kappa shape index (κ1) is 56.0. The third-order valence-corrected chi connectivity index (χ3v) is 11.6. The molecule has 0 aromatic carbocycles. The fourth-order valence-corrected chi connectivity index (χ4v) is 7.79. The summed E-state index contributed by atoms with van der Waals surface area (Å²) in [5, 5.41) is 0. The van der Waals surface area contributed by atoms with Gasteiger partial charge in [-0.2, -0.15) is 0 Å². The first-order chi connectivity index (χ1) is 27.9. The van der Waals surface area contributed by atoms with Gasteiger partial charge in [-0.1, -0.05) is 212 Å². The highest BCUT2D eigenvalue weighted by molar-refractivity contribution is 7.47. The zero-order valence-corrected chi connectivity index (χ0v) is 38.5. The van der Waals surface area contributed by atoms with E-state index in [9.17, 15) is 14.3 Å². The first-order valence-corrected chi connectivity index (χ1v) is 25.8. The van der Waals surface area contributed by atoms with Crippen LogP contribution in [-0.4, -0.2) is 49.9 Å². The van der Waals surface area contributed by atoms with Gasteiger partial charge in [-0.25, -0.2) is 4.57 Å². The Morgan fingerprint density at radius 3 is 1.39 bits per heavy atom. The van der Waals surface area contributed by atoms with Crippen molar-refractivity contribution in [2.24, 2.45) is 5.73 Å². The SMILES string of the molecule is CCCCCC/C=C\C/C=C\CCCCCCCCOCC(COP(=O)(O)OCCN)OC(=O)CCCCCCCCCCCCCCCCCCCCCCC. The molecule has 0 fully saturated rings. The molecule has 0 saturated carbocycles. The minimum Gasteiger partial charge on any atom is -0.457 e. The van der Waals surface area contributed by atoms with E-state index in [1.54, 1.807) is 0 Å². The Balaban J connectivity index is 3.95. The molecule has 8 nitrogen and oxygen atoms in total. The van der Waals surface area contributed by atoms with Crippen LogP contribution in [0.3, 0.4) is 0 Å². The average Bonchev–Trinajstić information content (AvgIpc) is 3.20. The van der Waals surface area contributed by atoms with Gasteiger partial charge in [-0.3, -0.25) is 13.8 Å². The van der Waals surface area contributed by atoms with Crippen molar-refractivity contribution >= 4 is 13.8 Å². The molecular formula is C48H94NO7P. The van der Waals surface area contributed by atoms with Crippen molar-refractivity contribution < 1.29 is 32.8 Å². The van der Waals surface area contributed by atoms with Crippen LogP contribution in [0, 0.1) is 0 Å². The van der Waals surface area contributed by atoms with Crippen LogP contribution in [0.15, 0.2) is 24.3 Å². The predicted octanol–water partition coefficient (Wildman–Crippen LogP) is 14.8. The lowest BCUT2D eigenvalue weighted by atomic mass is 10.0. The Bertz CT molecular complexity index is 930. The van der Waals surface area contributed by atoms with Crippen molar-refractivity contribution in [3.05, 3.63) is 24.3 Å². The Morgan fingerprint density at radius 2 is 0.930 bits per heavy atom. The highest BCUT2D eigenvalue weighted by atomic mass is 31.2. The summed E-state index contributed by atoms with van der Waals surface area (Å²) in [6, 6.07) is 0. The van der Waals surface area contributed by atoms with E-state index < -0.39 is 13.9 Å². The van der Waals surface area contributed by atoms with E-state index in [2.05, 4.69) is 38.2 Å². The van der Waals surface area contributed by atoms with Gasteiger partial charge in [0.25, 0.3) is 0 Å². The number of carbonyl (C=O) groups is 1. The van der Waals surface area contributed by atoms with Crippen LogP contribution in [-0.2, 0) is 27.9 Å². The normalized spacial score (nSPS) is 13.5. The van der Waals surface area contributed by atoms with E-state index in [1.165, 1.54) is 173 Å². The molecule has 0 aromatic heterocycles. The zero-order chi connectivity index (χ0) is 41.6. The van der Waals surface area contributed by atoms with Crippen LogP contribution in [0.25, 0.3) is 0 Å². The molecule has 338 valence electrons. The highest BCUT2D eigenvalue weighted by Crippen LogP contribution is 2.43. The Hall–Kier alpha value is -1.02. The molecule has 0 aromatic rings. The molecule has 9 heteroatoms. The van der Waals surface area contributed by atoms with Gasteiger partial charge in [0.2, 0.25) is 0 Å². The second-order valence-corrected chi connectivity index (χ2v) is 17.8. The van der Waals surface area contributed by atoms with Crippen LogP contribution in [0.2, 0.25) is 0 Å². The minimum atomic E-state index is -4.28. The molecule has 0 aliphatic carbocycles. The van der Waals surface area contributed by atoms with Gasteiger partial charge in [0.1, 0.15) is 6.10 Å². The van der Waals surface area contributed by atoms with Crippen LogP contribution < -0.4 is 5.73 Å². The maximum Gasteiger partial charge on any atom is 0.472 e. The van der Waals surface area contributed by atoms with E-state index >= 15 is 0 Å². The van der Waals surface area contributed by atoms with Gasteiger partial charge in [0.05, 0.1) is 19.8 Å². The first-order valence-electron chi connectivity index (χ1n) is 24.3. The van der Waals surface area contributed by atoms with E-state index in [-0.39, 0.29) is 32.3 Å². The molecule has 0 heterocycles. The molecule has 2 unspecified atom stereocenters. The van der Waals surface area contributed by atoms with Crippen LogP contribution in [0.1, 0.15) is 239 Å². The number of unbranched alkanes of at least 4 members (excludes halogenated alkanes) is 30. The second-order valence-electron chi connectivity index (χ2n) is 16.3. The minimum absolute atomic E-state index is 0.0954. The van der Waals surface area contributed by atoms with E-state index in [0.717, 1.165) is 44.9 Å². The number of ether oxygens (including phenoxy) is 2. The second kappa shape index (κ2) is 46.1. The zero-order valence-electron chi connectivity index (χ0n) is 37.6. The Kier molecular flexibility index (Phi) is 45.2. The summed E-state index contributed by atoms with van der Waals surface area (Å²) in [6.45, 7) is 4.93. The number of esters is 1. The van der Waals surface area contributed by atoms with Crippen molar-refractivity contribution in [1.29, 1.82) is 0 Å². The molecule has 0 saturated heterocycles. The van der Waals surface area contributed by atoms with Gasteiger partial charge >= 0.3 is 13.8 Å². The number of phosphoric ester groups is 1. The maximum absolute atomic E-state index is 12.6. The lowest BCUT2D eigenvalue weighted by Crippen LogP contribution is -2.28. The summed E-state index contributed by atoms with van der Waals surface area (Å²) >= 11 is 0. The number of rotatable bonds is 47.